The van der Waals surface area contributed by atoms with E-state index in [9.17, 15) is 100 Å². The monoisotopic (exact) mass is 1980 g/mol. The summed E-state index contributed by atoms with van der Waals surface area (Å²) in [4.78, 5) is 201. The number of rotatable bonds is 46. The number of Topliss-reactive ketones (excluding diaryl/α,β-unsaturated/α-hetero) is 7. The molecule has 4 aromatic carbocycles. The molecule has 0 spiro atoms. The van der Waals surface area contributed by atoms with Crippen LogP contribution in [0.25, 0.3) is 22.3 Å². The van der Waals surface area contributed by atoms with Crippen molar-refractivity contribution in [2.75, 3.05) is 33.7 Å². The summed E-state index contributed by atoms with van der Waals surface area (Å²) in [5, 5.41) is 40.3. The molecule has 0 aromatic heterocycles. The Labute approximate surface area is 836 Å². The van der Waals surface area contributed by atoms with Crippen LogP contribution in [-0.2, 0) is 84.6 Å². The maximum atomic E-state index is 14.9. The van der Waals surface area contributed by atoms with Crippen LogP contribution in [0.2, 0.25) is 0 Å². The van der Waals surface area contributed by atoms with Crippen molar-refractivity contribution in [2.45, 2.75) is 398 Å². The van der Waals surface area contributed by atoms with Gasteiger partial charge in [0.1, 0.15) is 70.0 Å². The summed E-state index contributed by atoms with van der Waals surface area (Å²) in [7, 11) is 3.03. The highest BCUT2D eigenvalue weighted by Crippen LogP contribution is 2.42. The number of hydrogen-bond acceptors (Lipinski definition) is 21. The molecule has 0 saturated carbocycles. The first kappa shape index (κ1) is 126. The Balaban J connectivity index is 0.000000845. The van der Waals surface area contributed by atoms with Crippen LogP contribution in [0.4, 0.5) is 22.8 Å². The molecule has 2 aliphatic heterocycles. The van der Waals surface area contributed by atoms with Gasteiger partial charge in [-0.2, -0.15) is 13.2 Å². The zero-order chi connectivity index (χ0) is 105. The van der Waals surface area contributed by atoms with Crippen LogP contribution in [0, 0.1) is 36.5 Å². The number of amides is 6. The molecular formula is C110H168F3N7O21. The number of aryl methyl sites for hydroxylation is 1. The average molecular weight is 1980 g/mol. The van der Waals surface area contributed by atoms with Crippen molar-refractivity contribution < 1.29 is 115 Å². The van der Waals surface area contributed by atoms with E-state index in [-0.39, 0.29) is 122 Å². The highest BCUT2D eigenvalue weighted by atomic mass is 19.4. The van der Waals surface area contributed by atoms with E-state index in [1.54, 1.807) is 115 Å². The van der Waals surface area contributed by atoms with Crippen LogP contribution in [-0.4, -0.2) is 187 Å². The van der Waals surface area contributed by atoms with Crippen molar-refractivity contribution in [2.24, 2.45) is 35.3 Å². The first-order chi connectivity index (χ1) is 65.7. The molecule has 9 atom stereocenters. The lowest BCUT2D eigenvalue weighted by Gasteiger charge is -2.32. The number of halogens is 3. The Morgan fingerprint density at radius 3 is 1.35 bits per heavy atom. The fraction of sp³-hybridized carbons (Fsp3) is 0.645. The second kappa shape index (κ2) is 64.0. The molecule has 0 radical (unpaired) electrons. The number of benzene rings is 4. The van der Waals surface area contributed by atoms with Crippen LogP contribution < -0.4 is 26.4 Å². The zero-order valence-electron chi connectivity index (χ0n) is 87.1. The van der Waals surface area contributed by atoms with E-state index in [0.29, 0.717) is 91.9 Å². The normalized spacial score (nSPS) is 16.7. The third kappa shape index (κ3) is 46.9. The first-order valence-corrected chi connectivity index (χ1v) is 50.5. The van der Waals surface area contributed by atoms with E-state index in [2.05, 4.69) is 29.8 Å². The van der Waals surface area contributed by atoms with Gasteiger partial charge in [0.05, 0.1) is 6.04 Å². The fourth-order valence-corrected chi connectivity index (χ4v) is 16.2. The molecule has 8 bridgehead atoms. The summed E-state index contributed by atoms with van der Waals surface area (Å²) in [5.41, 5.74) is 8.17. The number of aromatic hydroxyl groups is 2. The van der Waals surface area contributed by atoms with Crippen molar-refractivity contribution in [1.82, 2.24) is 30.7 Å². The highest BCUT2D eigenvalue weighted by molar-refractivity contribution is 5.99. The zero-order valence-corrected chi connectivity index (χ0v) is 87.1. The lowest BCUT2D eigenvalue weighted by atomic mass is 9.87. The fourth-order valence-electron chi connectivity index (χ4n) is 16.2. The molecule has 8 N–H and O–H groups in total. The number of ketones is 7. The number of alkyl halides is 3. The van der Waals surface area contributed by atoms with Crippen LogP contribution >= 0.6 is 0 Å². The quantitative estimate of drug-likeness (QED) is 0.0123. The number of nitrogens with zero attached hydrogens (tertiary/aromatic N) is 3. The predicted molar refractivity (Wildman–Crippen MR) is 543 cm³/mol. The van der Waals surface area contributed by atoms with E-state index in [0.717, 1.165) is 69.8 Å². The number of likely N-dealkylation sites (N-methyl/N-ethyl adjacent to an activating group) is 2. The molecule has 6 rings (SSSR count). The van der Waals surface area contributed by atoms with E-state index < -0.39 is 130 Å². The molecule has 28 nitrogen and oxygen atoms in total. The third-order valence-corrected chi connectivity index (χ3v) is 24.9. The van der Waals surface area contributed by atoms with Crippen molar-refractivity contribution in [3.8, 4) is 39.5 Å². The van der Waals surface area contributed by atoms with Crippen molar-refractivity contribution >= 4 is 88.2 Å². The largest absolute Gasteiger partial charge is 0.514 e. The summed E-state index contributed by atoms with van der Waals surface area (Å²) in [6, 6.07) is 13.5. The van der Waals surface area contributed by atoms with Gasteiger partial charge < -0.3 is 65.9 Å². The minimum absolute atomic E-state index is 0. The highest BCUT2D eigenvalue weighted by Gasteiger charge is 2.41. The van der Waals surface area contributed by atoms with Crippen LogP contribution in [0.1, 0.15) is 370 Å². The number of nitrogens with one attached hydrogen (secondary N) is 3. The summed E-state index contributed by atoms with van der Waals surface area (Å²) >= 11 is 0. The van der Waals surface area contributed by atoms with Gasteiger partial charge in [0.15, 0.2) is 17.3 Å². The van der Waals surface area contributed by atoms with Crippen LogP contribution in [0.3, 0.4) is 0 Å². The van der Waals surface area contributed by atoms with Crippen molar-refractivity contribution in [3.05, 3.63) is 101 Å². The maximum absolute atomic E-state index is 14.9. The molecular weight excluding hydrogens is 1810 g/mol. The lowest BCUT2D eigenvalue weighted by Crippen LogP contribution is -2.52. The van der Waals surface area contributed by atoms with Gasteiger partial charge in [0, 0.05) is 132 Å². The van der Waals surface area contributed by atoms with Gasteiger partial charge in [-0.05, 0) is 178 Å². The Morgan fingerprint density at radius 2 is 0.901 bits per heavy atom. The third-order valence-electron chi connectivity index (χ3n) is 24.9. The second-order valence-corrected chi connectivity index (χ2v) is 40.1. The van der Waals surface area contributed by atoms with Crippen LogP contribution in [0.15, 0.2) is 72.8 Å². The van der Waals surface area contributed by atoms with Gasteiger partial charge >= 0.3 is 24.4 Å². The van der Waals surface area contributed by atoms with Gasteiger partial charge in [-0.1, -0.05) is 227 Å². The predicted octanol–water partition coefficient (Wildman–Crippen LogP) is 21.5. The number of fused-ring (bicyclic) bond motifs is 10. The minimum Gasteiger partial charge on any atom is -0.507 e. The maximum Gasteiger partial charge on any atom is 0.514 e. The molecule has 0 saturated heterocycles. The van der Waals surface area contributed by atoms with Gasteiger partial charge in [-0.3, -0.25) is 57.5 Å². The number of ether oxygens (including phenoxy) is 3. The van der Waals surface area contributed by atoms with Gasteiger partial charge in [0.25, 0.3) is 0 Å². The SMILES string of the molecule is C.CC(=O)C(C)C.CC(=O)C(F)(F)F.CCCCCCCCCCCCCC(=O)C[C@@H](CCCCN)C(=O)N(C)[C@@H]1C(=O)C[C@@H](C)C(=O)N[C@H](C(=O)N[C@@H](C)C(C)=O)Cc2ccc(O)c(c2)-c2cc1ccc2O.CCCCCCCCCCN(CCC(=O)C[C@@H](CCCCC)C(=O)N(C)[C@@H]1C(=O)C[C@@H](C)C(=O)N[C@H](C(=O)O)Cc2ccc(C)c(c2)-c2cc1ccc2OC(=O)OC(C)(C)C)C(=O)OC(C)(C)C. The number of carboxylic acid groups (broad SMARTS) is 1. The Morgan fingerprint density at radius 1 is 0.504 bits per heavy atom. The Hall–Kier alpha value is -10.7. The number of aliphatic carboxylic acids is 1. The van der Waals surface area contributed by atoms with E-state index in [4.69, 9.17) is 19.9 Å². The number of phenols is 2. The molecule has 6 amide bonds. The van der Waals surface area contributed by atoms with E-state index in [1.165, 1.54) is 133 Å². The molecule has 790 valence electrons. The van der Waals surface area contributed by atoms with E-state index >= 15 is 0 Å². The molecule has 0 fully saturated rings. The smallest absolute Gasteiger partial charge is 0.507 e. The van der Waals surface area contributed by atoms with Gasteiger partial charge in [-0.25, -0.2) is 14.4 Å². The van der Waals surface area contributed by atoms with Gasteiger partial charge in [0.2, 0.25) is 35.3 Å². The summed E-state index contributed by atoms with van der Waals surface area (Å²) in [5.74, 6) is -10.2. The summed E-state index contributed by atoms with van der Waals surface area (Å²) in [6.45, 7) is 31.7. The topological polar surface area (TPSA) is 416 Å². The molecule has 31 heteroatoms. The van der Waals surface area contributed by atoms with Gasteiger partial charge in [-0.15, -0.1) is 0 Å². The molecule has 0 unspecified atom stereocenters. The number of hydrogen-bond donors (Lipinski definition) is 7. The lowest BCUT2D eigenvalue weighted by molar-refractivity contribution is -0.168. The summed E-state index contributed by atoms with van der Waals surface area (Å²) < 4.78 is 49.5. The Kier molecular flexibility index (Phi) is 57.4. The van der Waals surface area contributed by atoms with Crippen molar-refractivity contribution in [1.29, 1.82) is 0 Å². The first-order valence-electron chi connectivity index (χ1n) is 50.5. The standard InChI is InChI=1S/C54H81N3O11.C47H70N4O8.C5H10O.C3H3F3O.CH4/c1-12-14-16-17-18-19-20-22-29-57(51(64)67-53(5,6)7)30-28-41(58)34-40(23-21-15-13-2)49(61)56(11)47-39-26-27-46(66-52(65)68-54(8,9)10)43(35-39)42-32-38(25-24-36(42)3)33-44(50(62)63)55-48(60)37(4)31-45(47)59;1-6-7-8-9-10-11-12-13-14-15-16-20-37(53)29-36(19-17-18-25-48)47(59)51(5)44-35-22-24-42(55)39(30-35)38-27-34(21-23-41(38)54)28-40(46(58)49-32(3)33(4)52)50-45(57)31(2)26-43(44)56;1-4(2)5(3)6;1-2(7)3(4,5)6;/h24-27,32,35,37,40,44,47H,12-23,28-31,33-34H2,1-11H3,(H,55,60)(H,62,63);21-24,27,30-32,36,40,44,54-55H,6-20,25-26,28-29,48H2,1-5H3,(H,49,58)(H,50,57);4H,1-3H3;1H3;1H4/t37-,40-,44+,47+;31-,32+,36-,40+,44+;;;/m11.../s1. The minimum atomic E-state index is -4.64. The van der Waals surface area contributed by atoms with Crippen LogP contribution in [0.5, 0.6) is 17.2 Å². The molecule has 4 aromatic rings. The second-order valence-electron chi connectivity index (χ2n) is 40.1. The number of carbonyl (C=O) groups is 15. The van der Waals surface area contributed by atoms with E-state index in [1.807, 2.05) is 27.7 Å². The number of phenolic OH excluding ortho intramolecular Hbond substituents is 2. The summed E-state index contributed by atoms with van der Waals surface area (Å²) in [6.07, 6.45) is 19.6. The molecule has 2 aliphatic rings. The Bertz CT molecular complexity index is 4710. The number of nitrogens with two attached hydrogens (primary N) is 1. The number of carbonyl (C=O) groups excluding carboxylic acids is 14. The number of unbranched alkanes of at least 4 members (excludes halogenated alkanes) is 20. The molecule has 2 heterocycles. The number of carboxylic acids is 1. The molecule has 0 aliphatic carbocycles. The molecule has 141 heavy (non-hydrogen) atoms. The average Bonchev–Trinajstić information content (AvgIpc) is 0.781. The van der Waals surface area contributed by atoms with Crippen molar-refractivity contribution in [3.63, 3.8) is 0 Å².